The van der Waals surface area contributed by atoms with E-state index in [0.717, 1.165) is 28.0 Å². The van der Waals surface area contributed by atoms with Crippen molar-refractivity contribution in [3.63, 3.8) is 0 Å². The van der Waals surface area contributed by atoms with Gasteiger partial charge in [-0.25, -0.2) is 4.98 Å². The number of carbonyl (C=O) groups excluding carboxylic acids is 1. The monoisotopic (exact) mass is 388 g/mol. The highest BCUT2D eigenvalue weighted by Crippen LogP contribution is 2.26. The molecule has 0 atom stereocenters. The Labute approximate surface area is 169 Å². The van der Waals surface area contributed by atoms with Gasteiger partial charge in [0.15, 0.2) is 5.78 Å². The minimum absolute atomic E-state index is 0.111. The number of ketones is 1. The average Bonchev–Trinajstić information content (AvgIpc) is 3.01. The van der Waals surface area contributed by atoms with Gasteiger partial charge >= 0.3 is 0 Å². The van der Waals surface area contributed by atoms with Crippen LogP contribution in [0.25, 0.3) is 22.4 Å². The maximum atomic E-state index is 12.8. The second-order valence-electron chi connectivity index (χ2n) is 7.22. The van der Waals surface area contributed by atoms with Crippen LogP contribution in [-0.2, 0) is 13.5 Å². The molecule has 0 unspecified atom stereocenters. The fraction of sp³-hybridized carbons (Fsp3) is 0.167. The summed E-state index contributed by atoms with van der Waals surface area (Å²) in [5.74, 6) is 0.963. The smallest absolute Gasteiger partial charge is 0.167 e. The first-order chi connectivity index (χ1) is 13.4. The summed E-state index contributed by atoms with van der Waals surface area (Å²) >= 11 is 5.99. The van der Waals surface area contributed by atoms with Crippen molar-refractivity contribution < 1.29 is 4.79 Å². The number of nitrogens with zero attached hydrogens (tertiary/aromatic N) is 2. The summed E-state index contributed by atoms with van der Waals surface area (Å²) in [7, 11) is 1.97. The zero-order chi connectivity index (χ0) is 19.8. The minimum atomic E-state index is 0.111. The van der Waals surface area contributed by atoms with Crippen LogP contribution in [0, 0.1) is 13.8 Å². The molecule has 140 valence electrons. The molecule has 0 fully saturated rings. The Morgan fingerprint density at radius 1 is 0.964 bits per heavy atom. The number of carbonyl (C=O) groups is 1. The fourth-order valence-electron chi connectivity index (χ4n) is 3.42. The third-order valence-corrected chi connectivity index (χ3v) is 5.49. The van der Waals surface area contributed by atoms with Crippen molar-refractivity contribution in [1.29, 1.82) is 0 Å². The van der Waals surface area contributed by atoms with Crippen LogP contribution >= 0.6 is 11.6 Å². The summed E-state index contributed by atoms with van der Waals surface area (Å²) in [6, 6.07) is 19.5. The van der Waals surface area contributed by atoms with Crippen molar-refractivity contribution in [3.05, 3.63) is 87.9 Å². The van der Waals surface area contributed by atoms with Gasteiger partial charge in [-0.1, -0.05) is 29.8 Å². The number of hydrogen-bond donors (Lipinski definition) is 0. The molecule has 0 saturated carbocycles. The quantitative estimate of drug-likeness (QED) is 0.406. The van der Waals surface area contributed by atoms with Crippen LogP contribution in [-0.4, -0.2) is 15.3 Å². The van der Waals surface area contributed by atoms with E-state index in [1.807, 2.05) is 60.1 Å². The molecule has 0 saturated heterocycles. The van der Waals surface area contributed by atoms with Crippen LogP contribution in [0.15, 0.2) is 60.7 Å². The zero-order valence-electron chi connectivity index (χ0n) is 16.2. The van der Waals surface area contributed by atoms with E-state index in [-0.39, 0.29) is 5.78 Å². The van der Waals surface area contributed by atoms with E-state index >= 15 is 0 Å². The molecule has 0 aliphatic heterocycles. The highest BCUT2D eigenvalue weighted by atomic mass is 35.5. The van der Waals surface area contributed by atoms with E-state index in [1.165, 1.54) is 11.1 Å². The summed E-state index contributed by atoms with van der Waals surface area (Å²) in [6.45, 7) is 4.15. The fourth-order valence-corrected chi connectivity index (χ4v) is 3.55. The van der Waals surface area contributed by atoms with E-state index < -0.39 is 0 Å². The number of aromatic nitrogens is 2. The van der Waals surface area contributed by atoms with Gasteiger partial charge in [0.2, 0.25) is 0 Å². The van der Waals surface area contributed by atoms with Gasteiger partial charge in [-0.3, -0.25) is 4.79 Å². The molecule has 4 rings (SSSR count). The number of fused-ring (bicyclic) bond motifs is 1. The lowest BCUT2D eigenvalue weighted by Crippen LogP contribution is -2.04. The van der Waals surface area contributed by atoms with Crippen LogP contribution in [0.3, 0.4) is 0 Å². The molecule has 0 spiro atoms. The summed E-state index contributed by atoms with van der Waals surface area (Å²) in [4.78, 5) is 17.6. The molecular weight excluding hydrogens is 368 g/mol. The molecule has 0 aliphatic carbocycles. The van der Waals surface area contributed by atoms with E-state index in [2.05, 4.69) is 26.0 Å². The molecule has 3 aromatic carbocycles. The molecule has 3 nitrogen and oxygen atoms in total. The summed E-state index contributed by atoms with van der Waals surface area (Å²) in [6.07, 6.45) is 0.397. The second-order valence-corrected chi connectivity index (χ2v) is 7.66. The van der Waals surface area contributed by atoms with Crippen molar-refractivity contribution in [2.45, 2.75) is 20.3 Å². The first kappa shape index (κ1) is 18.5. The maximum Gasteiger partial charge on any atom is 0.167 e. The molecule has 0 N–H and O–H groups in total. The Balaban J connectivity index is 1.67. The molecule has 0 amide bonds. The molecule has 1 heterocycles. The van der Waals surface area contributed by atoms with Crippen LogP contribution in [0.4, 0.5) is 0 Å². The third-order valence-electron chi connectivity index (χ3n) is 5.24. The summed E-state index contributed by atoms with van der Waals surface area (Å²) in [5, 5.41) is 0.696. The standard InChI is InChI=1S/C24H21ClN2O/c1-15-4-5-17(12-16(15)2)13-23(28)19-8-11-21-22(14-19)27(3)24(26-21)18-6-9-20(25)10-7-18/h4-12,14H,13H2,1-3H3. The highest BCUT2D eigenvalue weighted by Gasteiger charge is 2.14. The molecule has 0 aliphatic rings. The van der Waals surface area contributed by atoms with Crippen molar-refractivity contribution in [2.24, 2.45) is 7.05 Å². The van der Waals surface area contributed by atoms with Gasteiger partial charge in [-0.15, -0.1) is 0 Å². The molecule has 0 radical (unpaired) electrons. The Morgan fingerprint density at radius 2 is 1.71 bits per heavy atom. The first-order valence-electron chi connectivity index (χ1n) is 9.24. The molecule has 4 aromatic rings. The van der Waals surface area contributed by atoms with Gasteiger partial charge in [0.25, 0.3) is 0 Å². The predicted molar refractivity (Wildman–Crippen MR) is 115 cm³/mol. The van der Waals surface area contributed by atoms with Crippen LogP contribution in [0.2, 0.25) is 5.02 Å². The summed E-state index contributed by atoms with van der Waals surface area (Å²) < 4.78 is 2.02. The number of halogens is 1. The van der Waals surface area contributed by atoms with Gasteiger partial charge < -0.3 is 4.57 Å². The SMILES string of the molecule is Cc1ccc(CC(=O)c2ccc3nc(-c4ccc(Cl)cc4)n(C)c3c2)cc1C. The average molecular weight is 389 g/mol. The van der Waals surface area contributed by atoms with Crippen molar-refractivity contribution in [1.82, 2.24) is 9.55 Å². The number of Topliss-reactive ketones (excluding diaryl/α,β-unsaturated/α-hetero) is 1. The summed E-state index contributed by atoms with van der Waals surface area (Å²) in [5.41, 5.74) is 7.00. The maximum absolute atomic E-state index is 12.8. The van der Waals surface area contributed by atoms with Crippen LogP contribution < -0.4 is 0 Å². The molecule has 4 heteroatoms. The first-order valence-corrected chi connectivity index (χ1v) is 9.62. The second kappa shape index (κ2) is 7.25. The van der Waals surface area contributed by atoms with Crippen LogP contribution in [0.1, 0.15) is 27.0 Å². The van der Waals surface area contributed by atoms with Gasteiger partial charge in [0.1, 0.15) is 5.82 Å². The minimum Gasteiger partial charge on any atom is -0.327 e. The number of imidazole rings is 1. The normalized spacial score (nSPS) is 11.1. The number of rotatable bonds is 4. The van der Waals surface area contributed by atoms with Gasteiger partial charge in [0, 0.05) is 29.6 Å². The molecular formula is C24H21ClN2O. The van der Waals surface area contributed by atoms with E-state index in [1.54, 1.807) is 0 Å². The van der Waals surface area contributed by atoms with Crippen LogP contribution in [0.5, 0.6) is 0 Å². The number of aryl methyl sites for hydroxylation is 3. The Morgan fingerprint density at radius 3 is 2.43 bits per heavy atom. The van der Waals surface area contributed by atoms with Gasteiger partial charge in [0.05, 0.1) is 11.0 Å². The van der Waals surface area contributed by atoms with Crippen molar-refractivity contribution in [2.75, 3.05) is 0 Å². The van der Waals surface area contributed by atoms with Gasteiger partial charge in [-0.2, -0.15) is 0 Å². The lowest BCUT2D eigenvalue weighted by molar-refractivity contribution is 0.0993. The lowest BCUT2D eigenvalue weighted by atomic mass is 9.99. The molecule has 0 bridgehead atoms. The number of benzene rings is 3. The largest absolute Gasteiger partial charge is 0.327 e. The van der Waals surface area contributed by atoms with E-state index in [4.69, 9.17) is 16.6 Å². The van der Waals surface area contributed by atoms with E-state index in [9.17, 15) is 4.79 Å². The molecule has 28 heavy (non-hydrogen) atoms. The van der Waals surface area contributed by atoms with Crippen molar-refractivity contribution >= 4 is 28.4 Å². The Bertz CT molecular complexity index is 1190. The predicted octanol–water partition coefficient (Wildman–Crippen LogP) is 5.94. The number of hydrogen-bond acceptors (Lipinski definition) is 2. The topological polar surface area (TPSA) is 34.9 Å². The Hall–Kier alpha value is -2.91. The van der Waals surface area contributed by atoms with Crippen molar-refractivity contribution in [3.8, 4) is 11.4 Å². The Kier molecular flexibility index (Phi) is 4.78. The molecule has 1 aromatic heterocycles. The third kappa shape index (κ3) is 3.46. The lowest BCUT2D eigenvalue weighted by Gasteiger charge is -2.06. The van der Waals surface area contributed by atoms with Gasteiger partial charge in [-0.05, 0) is 73.0 Å². The zero-order valence-corrected chi connectivity index (χ0v) is 16.9. The highest BCUT2D eigenvalue weighted by molar-refractivity contribution is 6.30. The van der Waals surface area contributed by atoms with E-state index in [0.29, 0.717) is 17.0 Å².